The molecule has 0 saturated carbocycles. The smallest absolute Gasteiger partial charge is 0.475 e. The molecule has 1 atom stereocenters. The summed E-state index contributed by atoms with van der Waals surface area (Å²) in [4.78, 5) is 19.5. The summed E-state index contributed by atoms with van der Waals surface area (Å²) in [7, 11) is 0. The first kappa shape index (κ1) is 22.5. The normalized spacial score (nSPS) is 16.5. The van der Waals surface area contributed by atoms with E-state index in [9.17, 15) is 13.2 Å². The number of hydrogen-bond donors (Lipinski definition) is 2. The van der Waals surface area contributed by atoms with Crippen LogP contribution in [0.25, 0.3) is 11.3 Å². The summed E-state index contributed by atoms with van der Waals surface area (Å²) in [5, 5.41) is 19.8. The summed E-state index contributed by atoms with van der Waals surface area (Å²) in [6, 6.07) is 3.99. The fourth-order valence-electron chi connectivity index (χ4n) is 3.16. The van der Waals surface area contributed by atoms with Crippen molar-refractivity contribution in [1.29, 1.82) is 0 Å². The number of thiophene rings is 1. The zero-order chi connectivity index (χ0) is 22.4. The first-order valence-electron chi connectivity index (χ1n) is 9.28. The van der Waals surface area contributed by atoms with Crippen LogP contribution < -0.4 is 10.6 Å². The standard InChI is InChI=1S/C16H19N7S.C2HF3O2/c17-16-18-5-3-15(19-16)22-6-1-2-12(8-22)9-23-10-14(20-21-23)13-4-7-24-11-13;3-2(4,5)1(6)7/h3-5,7,10-12H,1-2,6,8-9H2,(H2,17,18,19);(H,6,7). The molecule has 3 aromatic rings. The Kier molecular flexibility index (Phi) is 7.05. The van der Waals surface area contributed by atoms with Crippen LogP contribution in [0.1, 0.15) is 12.8 Å². The molecule has 3 aromatic heterocycles. The van der Waals surface area contributed by atoms with Crippen LogP contribution in [-0.2, 0) is 11.3 Å². The van der Waals surface area contributed by atoms with E-state index in [4.69, 9.17) is 15.6 Å². The number of anilines is 2. The van der Waals surface area contributed by atoms with E-state index in [1.807, 2.05) is 16.9 Å². The van der Waals surface area contributed by atoms with Gasteiger partial charge in [0.2, 0.25) is 5.95 Å². The van der Waals surface area contributed by atoms with Crippen LogP contribution in [0.2, 0.25) is 0 Å². The molecule has 4 heterocycles. The van der Waals surface area contributed by atoms with Crippen LogP contribution in [0.5, 0.6) is 0 Å². The molecule has 1 saturated heterocycles. The first-order valence-corrected chi connectivity index (χ1v) is 10.2. The van der Waals surface area contributed by atoms with Crippen molar-refractivity contribution in [2.45, 2.75) is 25.6 Å². The van der Waals surface area contributed by atoms with Crippen molar-refractivity contribution in [3.63, 3.8) is 0 Å². The molecule has 166 valence electrons. The van der Waals surface area contributed by atoms with Crippen LogP contribution >= 0.6 is 11.3 Å². The van der Waals surface area contributed by atoms with E-state index in [1.165, 1.54) is 6.42 Å². The van der Waals surface area contributed by atoms with Crippen LogP contribution in [0, 0.1) is 5.92 Å². The number of aromatic nitrogens is 5. The molecule has 4 rings (SSSR count). The first-order chi connectivity index (χ1) is 14.7. The van der Waals surface area contributed by atoms with E-state index < -0.39 is 12.1 Å². The monoisotopic (exact) mass is 455 g/mol. The van der Waals surface area contributed by atoms with Gasteiger partial charge in [-0.1, -0.05) is 5.21 Å². The largest absolute Gasteiger partial charge is 0.490 e. The van der Waals surface area contributed by atoms with Gasteiger partial charge in [0.1, 0.15) is 11.5 Å². The van der Waals surface area contributed by atoms with E-state index >= 15 is 0 Å². The number of rotatable bonds is 4. The lowest BCUT2D eigenvalue weighted by Gasteiger charge is -2.33. The number of piperidine rings is 1. The van der Waals surface area contributed by atoms with Gasteiger partial charge in [-0.2, -0.15) is 29.5 Å². The number of nitrogens with zero attached hydrogens (tertiary/aromatic N) is 6. The summed E-state index contributed by atoms with van der Waals surface area (Å²) in [5.74, 6) is -1.00. The molecular weight excluding hydrogens is 435 g/mol. The van der Waals surface area contributed by atoms with E-state index in [2.05, 4.69) is 42.0 Å². The summed E-state index contributed by atoms with van der Waals surface area (Å²) < 4.78 is 33.7. The van der Waals surface area contributed by atoms with Crippen LogP contribution in [0.15, 0.2) is 35.3 Å². The van der Waals surface area contributed by atoms with E-state index in [1.54, 1.807) is 17.5 Å². The van der Waals surface area contributed by atoms with Gasteiger partial charge in [-0.05, 0) is 36.3 Å². The van der Waals surface area contributed by atoms with Crippen molar-refractivity contribution >= 4 is 29.1 Å². The number of hydrogen-bond acceptors (Lipinski definition) is 8. The van der Waals surface area contributed by atoms with E-state index in [0.717, 1.165) is 43.1 Å². The lowest BCUT2D eigenvalue weighted by Crippen LogP contribution is -2.37. The summed E-state index contributed by atoms with van der Waals surface area (Å²) in [5.41, 5.74) is 7.77. The molecule has 31 heavy (non-hydrogen) atoms. The Bertz CT molecular complexity index is 994. The lowest BCUT2D eigenvalue weighted by atomic mass is 9.98. The maximum atomic E-state index is 10.6. The molecule has 1 aliphatic heterocycles. The van der Waals surface area contributed by atoms with Gasteiger partial charge in [0, 0.05) is 36.8 Å². The third-order valence-electron chi connectivity index (χ3n) is 4.55. The minimum absolute atomic E-state index is 0.325. The Morgan fingerprint density at radius 1 is 1.35 bits per heavy atom. The van der Waals surface area contributed by atoms with E-state index in [0.29, 0.717) is 11.9 Å². The Morgan fingerprint density at radius 2 is 2.13 bits per heavy atom. The molecular formula is C18H20F3N7O2S. The van der Waals surface area contributed by atoms with Crippen molar-refractivity contribution in [2.75, 3.05) is 23.7 Å². The highest BCUT2D eigenvalue weighted by molar-refractivity contribution is 7.08. The number of carboxylic acids is 1. The molecule has 0 amide bonds. The van der Waals surface area contributed by atoms with Crippen molar-refractivity contribution in [2.24, 2.45) is 5.92 Å². The Morgan fingerprint density at radius 3 is 2.77 bits per heavy atom. The number of carbonyl (C=O) groups is 1. The maximum Gasteiger partial charge on any atom is 0.490 e. The molecule has 0 radical (unpaired) electrons. The molecule has 3 N–H and O–H groups in total. The molecule has 1 aliphatic rings. The second-order valence-electron chi connectivity index (χ2n) is 6.87. The van der Waals surface area contributed by atoms with Crippen LogP contribution in [-0.4, -0.2) is 55.3 Å². The van der Waals surface area contributed by atoms with Crippen molar-refractivity contribution in [3.8, 4) is 11.3 Å². The SMILES string of the molecule is Nc1nccc(N2CCCC(Cn3cc(-c4ccsc4)nn3)C2)n1.O=C(O)C(F)(F)F. The predicted octanol–water partition coefficient (Wildman–Crippen LogP) is 2.93. The van der Waals surface area contributed by atoms with Crippen molar-refractivity contribution in [3.05, 3.63) is 35.3 Å². The summed E-state index contributed by atoms with van der Waals surface area (Å²) in [6.07, 6.45) is 0.987. The van der Waals surface area contributed by atoms with Crippen molar-refractivity contribution in [1.82, 2.24) is 25.0 Å². The molecule has 1 unspecified atom stereocenters. The zero-order valence-corrected chi connectivity index (χ0v) is 17.1. The molecule has 1 fully saturated rings. The molecule has 0 aliphatic carbocycles. The molecule has 0 aromatic carbocycles. The third-order valence-corrected chi connectivity index (χ3v) is 5.23. The number of halogens is 3. The number of nitrogen functional groups attached to an aromatic ring is 1. The Hall–Kier alpha value is -3.22. The average Bonchev–Trinajstić information content (AvgIpc) is 3.40. The van der Waals surface area contributed by atoms with Gasteiger partial charge in [0.25, 0.3) is 0 Å². The number of nitrogens with two attached hydrogens (primary N) is 1. The predicted molar refractivity (Wildman–Crippen MR) is 108 cm³/mol. The topological polar surface area (TPSA) is 123 Å². The minimum Gasteiger partial charge on any atom is -0.475 e. The van der Waals surface area contributed by atoms with Crippen LogP contribution in [0.3, 0.4) is 0 Å². The van der Waals surface area contributed by atoms with Crippen molar-refractivity contribution < 1.29 is 23.1 Å². The van der Waals surface area contributed by atoms with Gasteiger partial charge in [-0.3, -0.25) is 4.68 Å². The highest BCUT2D eigenvalue weighted by atomic mass is 32.1. The maximum absolute atomic E-state index is 10.6. The third kappa shape index (κ3) is 6.38. The molecule has 0 spiro atoms. The highest BCUT2D eigenvalue weighted by Gasteiger charge is 2.38. The van der Waals surface area contributed by atoms with Crippen LogP contribution in [0.4, 0.5) is 24.9 Å². The van der Waals surface area contributed by atoms with Gasteiger partial charge in [-0.25, -0.2) is 9.78 Å². The zero-order valence-electron chi connectivity index (χ0n) is 16.2. The fraction of sp³-hybridized carbons (Fsp3) is 0.389. The van der Waals surface area contributed by atoms with E-state index in [-0.39, 0.29) is 0 Å². The van der Waals surface area contributed by atoms with Gasteiger partial charge < -0.3 is 15.7 Å². The molecule has 0 bridgehead atoms. The number of aliphatic carboxylic acids is 1. The number of alkyl halides is 3. The summed E-state index contributed by atoms with van der Waals surface area (Å²) in [6.45, 7) is 2.82. The fourth-order valence-corrected chi connectivity index (χ4v) is 3.81. The quantitative estimate of drug-likeness (QED) is 0.616. The van der Waals surface area contributed by atoms with Gasteiger partial charge >= 0.3 is 12.1 Å². The summed E-state index contributed by atoms with van der Waals surface area (Å²) >= 11 is 1.67. The lowest BCUT2D eigenvalue weighted by molar-refractivity contribution is -0.192. The Balaban J connectivity index is 0.000000339. The molecule has 13 heteroatoms. The second-order valence-corrected chi connectivity index (χ2v) is 7.65. The van der Waals surface area contributed by atoms with Gasteiger partial charge in [0.05, 0.1) is 6.20 Å². The molecule has 9 nitrogen and oxygen atoms in total. The average molecular weight is 455 g/mol. The second kappa shape index (κ2) is 9.73. The van der Waals surface area contributed by atoms with Gasteiger partial charge in [0.15, 0.2) is 0 Å². The highest BCUT2D eigenvalue weighted by Crippen LogP contribution is 2.24. The Labute approximate surface area is 179 Å². The number of carboxylic acid groups (broad SMARTS) is 1. The minimum atomic E-state index is -5.08. The van der Waals surface area contributed by atoms with Gasteiger partial charge in [-0.15, -0.1) is 5.10 Å².